The van der Waals surface area contributed by atoms with E-state index in [4.69, 9.17) is 23.2 Å². The first-order valence-electron chi connectivity index (χ1n) is 10.6. The van der Waals surface area contributed by atoms with Crippen LogP contribution in [-0.4, -0.2) is 40.3 Å². The molecule has 1 amide bonds. The fourth-order valence-corrected chi connectivity index (χ4v) is 5.01. The van der Waals surface area contributed by atoms with Crippen molar-refractivity contribution in [3.05, 3.63) is 87.5 Å². The number of halogens is 2. The zero-order valence-corrected chi connectivity index (χ0v) is 19.3. The molecule has 1 aromatic heterocycles. The summed E-state index contributed by atoms with van der Waals surface area (Å²) in [4.78, 5) is 43.1. The molecule has 5 rings (SSSR count). The van der Waals surface area contributed by atoms with Gasteiger partial charge in [-0.25, -0.2) is 9.78 Å². The van der Waals surface area contributed by atoms with E-state index in [1.165, 1.54) is 12.1 Å². The Labute approximate surface area is 205 Å². The van der Waals surface area contributed by atoms with E-state index in [0.29, 0.717) is 13.0 Å². The Morgan fingerprint density at radius 3 is 2.38 bits per heavy atom. The molecule has 0 radical (unpaired) electrons. The first-order valence-corrected chi connectivity index (χ1v) is 11.4. The third-order valence-electron chi connectivity index (χ3n) is 6.34. The van der Waals surface area contributed by atoms with Crippen LogP contribution in [0.2, 0.25) is 10.0 Å². The van der Waals surface area contributed by atoms with Gasteiger partial charge in [-0.05, 0) is 35.9 Å². The number of carboxylic acids is 1. The molecule has 2 aliphatic rings. The molecule has 1 aliphatic heterocycles. The molecule has 2 N–H and O–H groups in total. The van der Waals surface area contributed by atoms with Crippen molar-refractivity contribution in [1.29, 1.82) is 0 Å². The molecule has 7 nitrogen and oxygen atoms in total. The van der Waals surface area contributed by atoms with E-state index < -0.39 is 23.3 Å². The molecule has 9 heteroatoms. The Bertz CT molecular complexity index is 1310. The Hall–Kier alpha value is -3.42. The number of pyridine rings is 1. The van der Waals surface area contributed by atoms with Gasteiger partial charge in [0.25, 0.3) is 5.91 Å². The average molecular weight is 496 g/mol. The van der Waals surface area contributed by atoms with Crippen LogP contribution in [0.5, 0.6) is 0 Å². The molecule has 1 aliphatic carbocycles. The molecule has 0 saturated heterocycles. The summed E-state index contributed by atoms with van der Waals surface area (Å²) in [7, 11) is 0. The number of hydrogen-bond acceptors (Lipinski definition) is 5. The van der Waals surface area contributed by atoms with Gasteiger partial charge in [-0.2, -0.15) is 0 Å². The van der Waals surface area contributed by atoms with Gasteiger partial charge in [0.2, 0.25) is 0 Å². The predicted octanol–water partition coefficient (Wildman–Crippen LogP) is 4.18. The molecule has 2 heterocycles. The molecule has 2 aromatic carbocycles. The lowest BCUT2D eigenvalue weighted by Crippen LogP contribution is -2.42. The summed E-state index contributed by atoms with van der Waals surface area (Å²) < 4.78 is 0. The second-order valence-corrected chi connectivity index (χ2v) is 9.29. The maximum atomic E-state index is 12.6. The second-order valence-electron chi connectivity index (χ2n) is 8.47. The molecule has 2 atom stereocenters. The zero-order valence-electron chi connectivity index (χ0n) is 17.8. The van der Waals surface area contributed by atoms with Crippen LogP contribution in [0.4, 0.5) is 11.5 Å². The summed E-state index contributed by atoms with van der Waals surface area (Å²) in [6.45, 7) is 0.546. The number of nitrogens with one attached hydrogen (secondary N) is 1. The van der Waals surface area contributed by atoms with Crippen LogP contribution >= 0.6 is 23.2 Å². The van der Waals surface area contributed by atoms with E-state index in [9.17, 15) is 19.5 Å². The lowest BCUT2D eigenvalue weighted by atomic mass is 10.0. The minimum Gasteiger partial charge on any atom is -0.480 e. The molecule has 0 bridgehead atoms. The van der Waals surface area contributed by atoms with Crippen molar-refractivity contribution in [3.63, 3.8) is 0 Å². The lowest BCUT2D eigenvalue weighted by Gasteiger charge is -2.20. The third-order valence-corrected chi connectivity index (χ3v) is 6.97. The van der Waals surface area contributed by atoms with Crippen molar-refractivity contribution in [1.82, 2.24) is 10.3 Å². The molecular weight excluding hydrogens is 477 g/mol. The number of hydrogen-bond donors (Lipinski definition) is 2. The van der Waals surface area contributed by atoms with Crippen molar-refractivity contribution in [2.45, 2.75) is 24.3 Å². The van der Waals surface area contributed by atoms with Crippen molar-refractivity contribution in [2.24, 2.45) is 0 Å². The van der Waals surface area contributed by atoms with Crippen molar-refractivity contribution in [3.8, 4) is 0 Å². The average Bonchev–Trinajstić information content (AvgIpc) is 3.34. The van der Waals surface area contributed by atoms with Crippen molar-refractivity contribution in [2.75, 3.05) is 11.4 Å². The summed E-state index contributed by atoms with van der Waals surface area (Å²) in [6.07, 6.45) is 2.30. The van der Waals surface area contributed by atoms with Gasteiger partial charge in [0.1, 0.15) is 17.6 Å². The molecule has 1 saturated carbocycles. The molecule has 1 fully saturated rings. The second kappa shape index (κ2) is 8.42. The predicted molar refractivity (Wildman–Crippen MR) is 128 cm³/mol. The minimum absolute atomic E-state index is 0.0381. The zero-order chi connectivity index (χ0) is 24.0. The van der Waals surface area contributed by atoms with Crippen molar-refractivity contribution >= 4 is 52.4 Å². The SMILES string of the molecule is O=C(N[C@@H](Cc1ccc(N2CC3(CC3=O)c3cccnc32)cc1)C(=O)O)c1c(Cl)cccc1Cl. The number of anilines is 2. The Morgan fingerprint density at radius 1 is 1.09 bits per heavy atom. The number of nitrogens with zero attached hydrogens (tertiary/aromatic N) is 2. The summed E-state index contributed by atoms with van der Waals surface area (Å²) in [5.41, 5.74) is 2.12. The van der Waals surface area contributed by atoms with Gasteiger partial charge in [0, 0.05) is 36.8 Å². The Morgan fingerprint density at radius 2 is 1.76 bits per heavy atom. The van der Waals surface area contributed by atoms with Crippen LogP contribution in [0.25, 0.3) is 0 Å². The summed E-state index contributed by atoms with van der Waals surface area (Å²) >= 11 is 12.1. The van der Waals surface area contributed by atoms with Crippen LogP contribution in [0, 0.1) is 0 Å². The number of carboxylic acid groups (broad SMARTS) is 1. The normalized spacial score (nSPS) is 19.1. The van der Waals surface area contributed by atoms with Gasteiger partial charge in [-0.15, -0.1) is 0 Å². The highest BCUT2D eigenvalue weighted by atomic mass is 35.5. The summed E-state index contributed by atoms with van der Waals surface area (Å²) in [6, 6.07) is 14.6. The number of ketones is 1. The number of fused-ring (bicyclic) bond motifs is 2. The molecule has 34 heavy (non-hydrogen) atoms. The maximum Gasteiger partial charge on any atom is 0.326 e. The van der Waals surface area contributed by atoms with Crippen LogP contribution in [0.1, 0.15) is 27.9 Å². The topological polar surface area (TPSA) is 99.6 Å². The Balaban J connectivity index is 1.33. The van der Waals surface area contributed by atoms with Gasteiger partial charge in [-0.3, -0.25) is 9.59 Å². The van der Waals surface area contributed by atoms with Crippen LogP contribution in [0.15, 0.2) is 60.8 Å². The number of carbonyl (C=O) groups excluding carboxylic acids is 2. The van der Waals surface area contributed by atoms with E-state index >= 15 is 0 Å². The minimum atomic E-state index is -1.17. The first-order chi connectivity index (χ1) is 16.3. The summed E-state index contributed by atoms with van der Waals surface area (Å²) in [5.74, 6) is -0.834. The summed E-state index contributed by atoms with van der Waals surface area (Å²) in [5, 5.41) is 12.5. The molecule has 172 valence electrons. The van der Waals surface area contributed by atoms with E-state index in [0.717, 1.165) is 22.6 Å². The highest BCUT2D eigenvalue weighted by molar-refractivity contribution is 6.39. The van der Waals surface area contributed by atoms with E-state index in [-0.39, 0.29) is 27.8 Å². The van der Waals surface area contributed by atoms with Gasteiger partial charge < -0.3 is 15.3 Å². The fraction of sp³-hybridized carbons (Fsp3) is 0.200. The van der Waals surface area contributed by atoms with E-state index in [1.807, 2.05) is 41.3 Å². The lowest BCUT2D eigenvalue weighted by molar-refractivity contribution is -0.139. The van der Waals surface area contributed by atoms with Crippen LogP contribution < -0.4 is 10.2 Å². The standard InChI is InChI=1S/C25H19Cl2N3O4/c26-17-4-1-5-18(27)21(17)23(32)29-19(24(33)34)11-14-6-8-15(9-7-14)30-13-25(12-20(25)31)16-3-2-10-28-22(16)30/h1-10,19H,11-13H2,(H,29,32)(H,33,34)/t19-,25?/m0/s1. The molecular formula is C25H19Cl2N3O4. The van der Waals surface area contributed by atoms with Gasteiger partial charge in [-0.1, -0.05) is 47.5 Å². The largest absolute Gasteiger partial charge is 0.480 e. The third kappa shape index (κ3) is 3.81. The van der Waals surface area contributed by atoms with Crippen molar-refractivity contribution < 1.29 is 19.5 Å². The van der Waals surface area contributed by atoms with E-state index in [1.54, 1.807) is 12.3 Å². The number of amides is 1. The van der Waals surface area contributed by atoms with Crippen LogP contribution in [0.3, 0.4) is 0 Å². The number of benzene rings is 2. The number of aromatic nitrogens is 1. The Kier molecular flexibility index (Phi) is 5.54. The number of rotatable bonds is 6. The van der Waals surface area contributed by atoms with E-state index in [2.05, 4.69) is 10.3 Å². The molecule has 1 unspecified atom stereocenters. The monoisotopic (exact) mass is 495 g/mol. The fourth-order valence-electron chi connectivity index (χ4n) is 4.44. The first kappa shape index (κ1) is 22.4. The van der Waals surface area contributed by atoms with Gasteiger partial charge in [0.15, 0.2) is 0 Å². The molecule has 3 aromatic rings. The van der Waals surface area contributed by atoms with Gasteiger partial charge in [0.05, 0.1) is 21.0 Å². The smallest absolute Gasteiger partial charge is 0.326 e. The number of carbonyl (C=O) groups is 3. The number of Topliss-reactive ketones (excluding diaryl/α,β-unsaturated/α-hetero) is 1. The van der Waals surface area contributed by atoms with Gasteiger partial charge >= 0.3 is 5.97 Å². The highest BCUT2D eigenvalue weighted by Gasteiger charge is 2.61. The molecule has 1 spiro atoms. The van der Waals surface area contributed by atoms with Crippen LogP contribution in [-0.2, 0) is 21.4 Å². The maximum absolute atomic E-state index is 12.6. The highest BCUT2D eigenvalue weighted by Crippen LogP contribution is 2.54. The quantitative estimate of drug-likeness (QED) is 0.532. The number of aliphatic carboxylic acids is 1.